The number of likely N-dealkylation sites (tertiary alicyclic amines) is 1. The molecule has 0 atom stereocenters. The number of nitriles is 1. The van der Waals surface area contributed by atoms with Crippen LogP contribution in [0.5, 0.6) is 0 Å². The minimum absolute atomic E-state index is 0.556. The van der Waals surface area contributed by atoms with Crippen molar-refractivity contribution >= 4 is 11.4 Å². The highest BCUT2D eigenvalue weighted by molar-refractivity contribution is 5.73. The van der Waals surface area contributed by atoms with E-state index in [1.54, 1.807) is 6.07 Å². The standard InChI is InChI=1S/C14H20N4/c1-17(9-10-18-7-2-3-8-18)13-6-4-5-12(11-15)14(13)16/h4-6H,2-3,7-10,16H2,1H3. The number of para-hydroxylation sites is 1. The first-order chi connectivity index (χ1) is 8.72. The molecule has 0 saturated carbocycles. The summed E-state index contributed by atoms with van der Waals surface area (Å²) in [6.07, 6.45) is 2.63. The van der Waals surface area contributed by atoms with Gasteiger partial charge in [-0.05, 0) is 38.1 Å². The largest absolute Gasteiger partial charge is 0.396 e. The van der Waals surface area contributed by atoms with E-state index in [-0.39, 0.29) is 0 Å². The van der Waals surface area contributed by atoms with Crippen LogP contribution < -0.4 is 10.6 Å². The van der Waals surface area contributed by atoms with Gasteiger partial charge in [0.1, 0.15) is 6.07 Å². The molecule has 1 aromatic carbocycles. The summed E-state index contributed by atoms with van der Waals surface area (Å²) >= 11 is 0. The van der Waals surface area contributed by atoms with Gasteiger partial charge in [0, 0.05) is 20.1 Å². The third-order valence-electron chi connectivity index (χ3n) is 3.57. The molecule has 0 unspecified atom stereocenters. The van der Waals surface area contributed by atoms with Crippen molar-refractivity contribution < 1.29 is 0 Å². The molecule has 0 aliphatic carbocycles. The molecule has 1 fully saturated rings. The zero-order valence-electron chi connectivity index (χ0n) is 10.9. The van der Waals surface area contributed by atoms with Crippen molar-refractivity contribution in [2.75, 3.05) is 43.9 Å². The van der Waals surface area contributed by atoms with Gasteiger partial charge in [0.25, 0.3) is 0 Å². The molecule has 4 heteroatoms. The van der Waals surface area contributed by atoms with Crippen LogP contribution in [0.1, 0.15) is 18.4 Å². The second-order valence-electron chi connectivity index (χ2n) is 4.82. The quantitative estimate of drug-likeness (QED) is 0.819. The molecule has 1 heterocycles. The highest BCUT2D eigenvalue weighted by Gasteiger charge is 2.13. The third-order valence-corrected chi connectivity index (χ3v) is 3.57. The molecular formula is C14H20N4. The van der Waals surface area contributed by atoms with Crippen molar-refractivity contribution in [3.63, 3.8) is 0 Å². The monoisotopic (exact) mass is 244 g/mol. The maximum atomic E-state index is 8.97. The average Bonchev–Trinajstić information content (AvgIpc) is 2.89. The zero-order chi connectivity index (χ0) is 13.0. The Hall–Kier alpha value is -1.73. The topological polar surface area (TPSA) is 56.3 Å². The van der Waals surface area contributed by atoms with Crippen LogP contribution in [-0.4, -0.2) is 38.1 Å². The van der Waals surface area contributed by atoms with Crippen molar-refractivity contribution in [3.8, 4) is 6.07 Å². The number of hydrogen-bond donors (Lipinski definition) is 1. The lowest BCUT2D eigenvalue weighted by Gasteiger charge is -2.24. The average molecular weight is 244 g/mol. The maximum absolute atomic E-state index is 8.97. The number of nitrogens with two attached hydrogens (primary N) is 1. The van der Waals surface area contributed by atoms with Crippen LogP contribution in [0, 0.1) is 11.3 Å². The van der Waals surface area contributed by atoms with Crippen LogP contribution in [0.25, 0.3) is 0 Å². The fourth-order valence-electron chi connectivity index (χ4n) is 2.40. The molecule has 2 N–H and O–H groups in total. The molecule has 1 aromatic rings. The lowest BCUT2D eigenvalue weighted by atomic mass is 10.1. The van der Waals surface area contributed by atoms with E-state index in [1.165, 1.54) is 25.9 Å². The van der Waals surface area contributed by atoms with Gasteiger partial charge >= 0.3 is 0 Å². The Kier molecular flexibility index (Phi) is 4.06. The van der Waals surface area contributed by atoms with Crippen molar-refractivity contribution in [3.05, 3.63) is 23.8 Å². The van der Waals surface area contributed by atoms with Crippen LogP contribution in [0.3, 0.4) is 0 Å². The van der Waals surface area contributed by atoms with E-state index >= 15 is 0 Å². The summed E-state index contributed by atoms with van der Waals surface area (Å²) < 4.78 is 0. The number of anilines is 2. The van der Waals surface area contributed by atoms with Crippen LogP contribution in [0.2, 0.25) is 0 Å². The van der Waals surface area contributed by atoms with E-state index in [0.717, 1.165) is 18.8 Å². The van der Waals surface area contributed by atoms with Gasteiger partial charge in [-0.2, -0.15) is 5.26 Å². The summed E-state index contributed by atoms with van der Waals surface area (Å²) in [6, 6.07) is 7.74. The van der Waals surface area contributed by atoms with Crippen LogP contribution in [0.4, 0.5) is 11.4 Å². The minimum Gasteiger partial charge on any atom is -0.396 e. The summed E-state index contributed by atoms with van der Waals surface area (Å²) in [7, 11) is 2.03. The maximum Gasteiger partial charge on any atom is 0.101 e. The second-order valence-corrected chi connectivity index (χ2v) is 4.82. The van der Waals surface area contributed by atoms with Crippen molar-refractivity contribution in [2.45, 2.75) is 12.8 Å². The molecule has 0 aromatic heterocycles. The smallest absolute Gasteiger partial charge is 0.101 e. The van der Waals surface area contributed by atoms with E-state index in [4.69, 9.17) is 11.0 Å². The summed E-state index contributed by atoms with van der Waals surface area (Å²) in [5.74, 6) is 0. The number of rotatable bonds is 4. The number of benzene rings is 1. The lowest BCUT2D eigenvalue weighted by Crippen LogP contribution is -2.31. The third kappa shape index (κ3) is 2.74. The normalized spacial score (nSPS) is 15.6. The van der Waals surface area contributed by atoms with Gasteiger partial charge in [-0.15, -0.1) is 0 Å². The predicted molar refractivity (Wildman–Crippen MR) is 74.5 cm³/mol. The Bertz CT molecular complexity index is 444. The molecule has 1 aliphatic rings. The van der Waals surface area contributed by atoms with E-state index in [9.17, 15) is 0 Å². The first kappa shape index (κ1) is 12.7. The fourth-order valence-corrected chi connectivity index (χ4v) is 2.40. The van der Waals surface area contributed by atoms with Gasteiger partial charge in [-0.1, -0.05) is 6.07 Å². The highest BCUT2D eigenvalue weighted by Crippen LogP contribution is 2.25. The summed E-state index contributed by atoms with van der Waals surface area (Å²) in [5, 5.41) is 8.97. The molecule has 0 amide bonds. The van der Waals surface area contributed by atoms with Gasteiger partial charge in [0.2, 0.25) is 0 Å². The zero-order valence-corrected chi connectivity index (χ0v) is 10.9. The van der Waals surface area contributed by atoms with Gasteiger partial charge < -0.3 is 15.5 Å². The first-order valence-electron chi connectivity index (χ1n) is 6.44. The van der Waals surface area contributed by atoms with Gasteiger partial charge in [-0.3, -0.25) is 0 Å². The summed E-state index contributed by atoms with van der Waals surface area (Å²) in [6.45, 7) is 4.43. The Balaban J connectivity index is 2.00. The molecular weight excluding hydrogens is 224 g/mol. The Morgan fingerprint density at radius 1 is 1.39 bits per heavy atom. The predicted octanol–water partition coefficient (Wildman–Crippen LogP) is 1.67. The van der Waals surface area contributed by atoms with Crippen molar-refractivity contribution in [1.82, 2.24) is 4.90 Å². The Labute approximate surface area is 109 Å². The van der Waals surface area contributed by atoms with Crippen molar-refractivity contribution in [2.24, 2.45) is 0 Å². The molecule has 0 radical (unpaired) electrons. The van der Waals surface area contributed by atoms with Crippen LogP contribution in [-0.2, 0) is 0 Å². The minimum atomic E-state index is 0.556. The molecule has 2 rings (SSSR count). The SMILES string of the molecule is CN(CCN1CCCC1)c1cccc(C#N)c1N. The van der Waals surface area contributed by atoms with Gasteiger partial charge in [0.05, 0.1) is 16.9 Å². The molecule has 0 bridgehead atoms. The summed E-state index contributed by atoms with van der Waals surface area (Å²) in [4.78, 5) is 4.61. The van der Waals surface area contributed by atoms with Crippen LogP contribution >= 0.6 is 0 Å². The molecule has 4 nitrogen and oxygen atoms in total. The number of nitrogen functional groups attached to an aromatic ring is 1. The molecule has 1 saturated heterocycles. The van der Waals surface area contributed by atoms with Gasteiger partial charge in [-0.25, -0.2) is 0 Å². The van der Waals surface area contributed by atoms with E-state index in [0.29, 0.717) is 11.3 Å². The van der Waals surface area contributed by atoms with E-state index < -0.39 is 0 Å². The highest BCUT2D eigenvalue weighted by atomic mass is 15.2. The van der Waals surface area contributed by atoms with Crippen molar-refractivity contribution in [1.29, 1.82) is 5.26 Å². The molecule has 96 valence electrons. The van der Waals surface area contributed by atoms with Crippen LogP contribution in [0.15, 0.2) is 18.2 Å². The number of likely N-dealkylation sites (N-methyl/N-ethyl adjacent to an activating group) is 1. The van der Waals surface area contributed by atoms with E-state index in [1.807, 2.05) is 19.2 Å². The molecule has 1 aliphatic heterocycles. The van der Waals surface area contributed by atoms with E-state index in [2.05, 4.69) is 15.9 Å². The fraction of sp³-hybridized carbons (Fsp3) is 0.500. The summed E-state index contributed by atoms with van der Waals surface area (Å²) in [5.41, 5.74) is 8.10. The Morgan fingerprint density at radius 3 is 2.78 bits per heavy atom. The number of nitrogens with zero attached hydrogens (tertiary/aromatic N) is 3. The molecule has 0 spiro atoms. The first-order valence-corrected chi connectivity index (χ1v) is 6.44. The number of hydrogen-bond acceptors (Lipinski definition) is 4. The Morgan fingerprint density at radius 2 is 2.11 bits per heavy atom. The molecule has 18 heavy (non-hydrogen) atoms. The van der Waals surface area contributed by atoms with Gasteiger partial charge in [0.15, 0.2) is 0 Å². The second kappa shape index (κ2) is 5.74. The lowest BCUT2D eigenvalue weighted by molar-refractivity contribution is 0.347.